The van der Waals surface area contributed by atoms with E-state index in [1.807, 2.05) is 13.8 Å². The molecule has 150 valence electrons. The molecule has 0 heterocycles. The lowest BCUT2D eigenvalue weighted by Crippen LogP contribution is -2.20. The van der Waals surface area contributed by atoms with Gasteiger partial charge in [0.1, 0.15) is 0 Å². The summed E-state index contributed by atoms with van der Waals surface area (Å²) in [6, 6.07) is 12.7. The zero-order chi connectivity index (χ0) is 20.5. The Bertz CT molecular complexity index is 780. The SMILES string of the molecule is CC(C)OCc1ccc(C(=O)OCC(=O)Nc2ccc(SC(F)F)cc2)cc1. The highest BCUT2D eigenvalue weighted by molar-refractivity contribution is 7.99. The molecule has 28 heavy (non-hydrogen) atoms. The second-order valence-electron chi connectivity index (χ2n) is 6.08. The van der Waals surface area contributed by atoms with E-state index >= 15 is 0 Å². The fraction of sp³-hybridized carbons (Fsp3) is 0.300. The molecule has 0 aromatic heterocycles. The van der Waals surface area contributed by atoms with Crippen molar-refractivity contribution in [1.29, 1.82) is 0 Å². The van der Waals surface area contributed by atoms with Crippen molar-refractivity contribution >= 4 is 29.3 Å². The number of ether oxygens (including phenoxy) is 2. The Morgan fingerprint density at radius 1 is 1.04 bits per heavy atom. The van der Waals surface area contributed by atoms with Crippen LogP contribution in [0.2, 0.25) is 0 Å². The van der Waals surface area contributed by atoms with Gasteiger partial charge in [0.2, 0.25) is 0 Å². The molecule has 0 aliphatic heterocycles. The van der Waals surface area contributed by atoms with Crippen molar-refractivity contribution in [2.75, 3.05) is 11.9 Å². The van der Waals surface area contributed by atoms with Crippen LogP contribution in [0, 0.1) is 0 Å². The number of alkyl halides is 2. The van der Waals surface area contributed by atoms with E-state index in [0.717, 1.165) is 5.56 Å². The number of anilines is 1. The highest BCUT2D eigenvalue weighted by Crippen LogP contribution is 2.26. The van der Waals surface area contributed by atoms with E-state index in [4.69, 9.17) is 9.47 Å². The van der Waals surface area contributed by atoms with Crippen LogP contribution in [0.4, 0.5) is 14.5 Å². The molecule has 2 aromatic rings. The Labute approximate surface area is 166 Å². The summed E-state index contributed by atoms with van der Waals surface area (Å²) >= 11 is 0.420. The van der Waals surface area contributed by atoms with Crippen LogP contribution in [0.5, 0.6) is 0 Å². The van der Waals surface area contributed by atoms with Gasteiger partial charge in [0.05, 0.1) is 18.3 Å². The van der Waals surface area contributed by atoms with Gasteiger partial charge >= 0.3 is 5.97 Å². The molecule has 8 heteroatoms. The first-order chi connectivity index (χ1) is 13.3. The lowest BCUT2D eigenvalue weighted by Gasteiger charge is -2.09. The van der Waals surface area contributed by atoms with Crippen molar-refractivity contribution in [2.24, 2.45) is 0 Å². The molecule has 2 aromatic carbocycles. The van der Waals surface area contributed by atoms with Gasteiger partial charge in [0, 0.05) is 10.6 Å². The smallest absolute Gasteiger partial charge is 0.338 e. The molecule has 0 spiro atoms. The van der Waals surface area contributed by atoms with Gasteiger partial charge < -0.3 is 14.8 Å². The number of nitrogens with one attached hydrogen (secondary N) is 1. The standard InChI is InChI=1S/C20H21F2NO4S/c1-13(2)26-11-14-3-5-15(6-4-14)19(25)27-12-18(24)23-16-7-9-17(10-8-16)28-20(21)22/h3-10,13,20H,11-12H2,1-2H3,(H,23,24). The van der Waals surface area contributed by atoms with E-state index in [9.17, 15) is 18.4 Å². The molecule has 0 radical (unpaired) electrons. The van der Waals surface area contributed by atoms with Crippen molar-refractivity contribution in [3.05, 3.63) is 59.7 Å². The predicted octanol–water partition coefficient (Wildman–Crippen LogP) is 4.72. The van der Waals surface area contributed by atoms with E-state index in [-0.39, 0.29) is 6.10 Å². The highest BCUT2D eigenvalue weighted by atomic mass is 32.2. The van der Waals surface area contributed by atoms with E-state index in [0.29, 0.717) is 34.5 Å². The van der Waals surface area contributed by atoms with E-state index < -0.39 is 24.2 Å². The second-order valence-corrected chi connectivity index (χ2v) is 7.15. The van der Waals surface area contributed by atoms with Gasteiger partial charge in [-0.15, -0.1) is 0 Å². The van der Waals surface area contributed by atoms with Crippen LogP contribution >= 0.6 is 11.8 Å². The fourth-order valence-electron chi connectivity index (χ4n) is 2.13. The summed E-state index contributed by atoms with van der Waals surface area (Å²) in [4.78, 5) is 24.3. The maximum absolute atomic E-state index is 12.3. The minimum Gasteiger partial charge on any atom is -0.452 e. The average Bonchev–Trinajstić information content (AvgIpc) is 2.66. The number of carbonyl (C=O) groups is 2. The van der Waals surface area contributed by atoms with Crippen LogP contribution in [0.25, 0.3) is 0 Å². The first-order valence-electron chi connectivity index (χ1n) is 8.56. The third-order valence-corrected chi connectivity index (χ3v) is 4.19. The van der Waals surface area contributed by atoms with Crippen LogP contribution < -0.4 is 5.32 Å². The quantitative estimate of drug-likeness (QED) is 0.480. The number of esters is 1. The molecule has 0 aliphatic rings. The Balaban J connectivity index is 1.79. The largest absolute Gasteiger partial charge is 0.452 e. The monoisotopic (exact) mass is 409 g/mol. The molecule has 5 nitrogen and oxygen atoms in total. The summed E-state index contributed by atoms with van der Waals surface area (Å²) in [6.45, 7) is 3.87. The number of amides is 1. The number of hydrogen-bond donors (Lipinski definition) is 1. The summed E-state index contributed by atoms with van der Waals surface area (Å²) in [5.74, 6) is -3.64. The Kier molecular flexibility index (Phi) is 8.41. The maximum atomic E-state index is 12.3. The van der Waals surface area contributed by atoms with Crippen LogP contribution in [0.1, 0.15) is 29.8 Å². The zero-order valence-corrected chi connectivity index (χ0v) is 16.3. The summed E-state index contributed by atoms with van der Waals surface area (Å²) in [6.07, 6.45) is 0.113. The van der Waals surface area contributed by atoms with E-state index in [1.54, 1.807) is 24.3 Å². The second kappa shape index (κ2) is 10.8. The van der Waals surface area contributed by atoms with Crippen molar-refractivity contribution < 1.29 is 27.8 Å². The molecule has 0 bridgehead atoms. The Morgan fingerprint density at radius 3 is 2.25 bits per heavy atom. The highest BCUT2D eigenvalue weighted by Gasteiger charge is 2.11. The van der Waals surface area contributed by atoms with Crippen molar-refractivity contribution in [1.82, 2.24) is 0 Å². The van der Waals surface area contributed by atoms with Crippen LogP contribution in [0.15, 0.2) is 53.4 Å². The van der Waals surface area contributed by atoms with Crippen molar-refractivity contribution in [2.45, 2.75) is 37.2 Å². The normalized spacial score (nSPS) is 10.9. The number of benzene rings is 2. The van der Waals surface area contributed by atoms with Gasteiger partial charge in [-0.25, -0.2) is 4.79 Å². The molecule has 0 saturated carbocycles. The molecular formula is C20H21F2NO4S. The lowest BCUT2D eigenvalue weighted by atomic mass is 10.1. The van der Waals surface area contributed by atoms with Gasteiger partial charge in [-0.05, 0) is 55.8 Å². The molecule has 0 unspecified atom stereocenters. The minimum atomic E-state index is -2.50. The van der Waals surface area contributed by atoms with Crippen molar-refractivity contribution in [3.63, 3.8) is 0 Å². The molecule has 1 N–H and O–H groups in total. The third-order valence-electron chi connectivity index (χ3n) is 3.47. The molecule has 1 amide bonds. The molecule has 2 rings (SSSR count). The van der Waals surface area contributed by atoms with Crippen LogP contribution in [-0.4, -0.2) is 30.3 Å². The number of thioether (sulfide) groups is 1. The lowest BCUT2D eigenvalue weighted by molar-refractivity contribution is -0.119. The van der Waals surface area contributed by atoms with Gasteiger partial charge in [-0.3, -0.25) is 4.79 Å². The number of rotatable bonds is 9. The molecule has 0 atom stereocenters. The van der Waals surface area contributed by atoms with Gasteiger partial charge in [0.15, 0.2) is 6.61 Å². The van der Waals surface area contributed by atoms with Gasteiger partial charge in [0.25, 0.3) is 11.7 Å². The summed E-state index contributed by atoms with van der Waals surface area (Å²) in [5.41, 5.74) is 1.68. The van der Waals surface area contributed by atoms with E-state index in [2.05, 4.69) is 5.32 Å². The third kappa shape index (κ3) is 7.66. The fourth-order valence-corrected chi connectivity index (χ4v) is 2.63. The average molecular weight is 409 g/mol. The maximum Gasteiger partial charge on any atom is 0.338 e. The summed E-state index contributed by atoms with van der Waals surface area (Å²) < 4.78 is 35.0. The van der Waals surface area contributed by atoms with Gasteiger partial charge in [-0.2, -0.15) is 8.78 Å². The summed E-state index contributed by atoms with van der Waals surface area (Å²) in [7, 11) is 0. The molecule has 0 saturated heterocycles. The Hall–Kier alpha value is -2.45. The van der Waals surface area contributed by atoms with Crippen molar-refractivity contribution in [3.8, 4) is 0 Å². The predicted molar refractivity (Wildman–Crippen MR) is 104 cm³/mol. The molecule has 0 aliphatic carbocycles. The Morgan fingerprint density at radius 2 is 1.68 bits per heavy atom. The first kappa shape index (κ1) is 21.8. The van der Waals surface area contributed by atoms with Gasteiger partial charge in [-0.1, -0.05) is 23.9 Å². The van der Waals surface area contributed by atoms with Crippen LogP contribution in [0.3, 0.4) is 0 Å². The van der Waals surface area contributed by atoms with E-state index in [1.165, 1.54) is 24.3 Å². The number of carbonyl (C=O) groups excluding carboxylic acids is 2. The van der Waals surface area contributed by atoms with Crippen LogP contribution in [-0.2, 0) is 20.9 Å². The minimum absolute atomic E-state index is 0.113. The number of hydrogen-bond acceptors (Lipinski definition) is 5. The first-order valence-corrected chi connectivity index (χ1v) is 9.44. The molecule has 0 fully saturated rings. The summed E-state index contributed by atoms with van der Waals surface area (Å²) in [5, 5.41) is 2.54. The zero-order valence-electron chi connectivity index (χ0n) is 15.5. The topological polar surface area (TPSA) is 64.6 Å². The molecular weight excluding hydrogens is 388 g/mol. The number of halogens is 2.